The highest BCUT2D eigenvalue weighted by atomic mass is 15.4. The van der Waals surface area contributed by atoms with Gasteiger partial charge in [0.25, 0.3) is 0 Å². The van der Waals surface area contributed by atoms with E-state index in [0.29, 0.717) is 5.95 Å². The van der Waals surface area contributed by atoms with Gasteiger partial charge in [-0.3, -0.25) is 0 Å². The van der Waals surface area contributed by atoms with E-state index >= 15 is 0 Å². The Morgan fingerprint density at radius 1 is 1.11 bits per heavy atom. The molecule has 3 aromatic rings. The maximum Gasteiger partial charge on any atom is 0.231 e. The molecule has 4 rings (SSSR count). The van der Waals surface area contributed by atoms with Crippen molar-refractivity contribution in [3.63, 3.8) is 0 Å². The van der Waals surface area contributed by atoms with Crippen molar-refractivity contribution in [2.75, 3.05) is 30.4 Å². The van der Waals surface area contributed by atoms with Crippen LogP contribution in [0.4, 0.5) is 11.9 Å². The van der Waals surface area contributed by atoms with Crippen LogP contribution in [0.1, 0.15) is 57.2 Å². The number of hydrogen-bond donors (Lipinski definition) is 0. The van der Waals surface area contributed by atoms with Gasteiger partial charge < -0.3 is 14.4 Å². The third-order valence-electron chi connectivity index (χ3n) is 5.35. The smallest absolute Gasteiger partial charge is 0.231 e. The minimum Gasteiger partial charge on any atom is -0.347 e. The van der Waals surface area contributed by atoms with Crippen LogP contribution >= 0.6 is 0 Å². The Kier molecular flexibility index (Phi) is 4.91. The van der Waals surface area contributed by atoms with E-state index in [0.717, 1.165) is 49.0 Å². The van der Waals surface area contributed by atoms with E-state index in [4.69, 9.17) is 15.0 Å². The normalized spacial score (nSPS) is 17.1. The van der Waals surface area contributed by atoms with Crippen LogP contribution in [-0.4, -0.2) is 45.1 Å². The predicted octanol–water partition coefficient (Wildman–Crippen LogP) is 3.77. The summed E-state index contributed by atoms with van der Waals surface area (Å²) in [7, 11) is 3.95. The van der Waals surface area contributed by atoms with Crippen molar-refractivity contribution in [2.24, 2.45) is 0 Å². The molecular weight excluding hydrogens is 350 g/mol. The Balaban J connectivity index is 1.79. The highest BCUT2D eigenvalue weighted by molar-refractivity contribution is 5.76. The molecule has 7 heteroatoms. The molecule has 0 N–H and O–H groups in total. The van der Waals surface area contributed by atoms with Crippen LogP contribution in [0.25, 0.3) is 11.0 Å². The van der Waals surface area contributed by atoms with Crippen molar-refractivity contribution in [1.82, 2.24) is 24.5 Å². The number of nitrogens with zero attached hydrogens (tertiary/aromatic N) is 7. The second kappa shape index (κ2) is 7.37. The Morgan fingerprint density at radius 2 is 1.89 bits per heavy atom. The summed E-state index contributed by atoms with van der Waals surface area (Å²) in [5.41, 5.74) is 2.25. The summed E-state index contributed by atoms with van der Waals surface area (Å²) >= 11 is 0. The van der Waals surface area contributed by atoms with E-state index in [1.54, 1.807) is 0 Å². The first-order chi connectivity index (χ1) is 13.5. The third-order valence-corrected chi connectivity index (χ3v) is 5.35. The molecule has 148 valence electrons. The van der Waals surface area contributed by atoms with Gasteiger partial charge in [-0.2, -0.15) is 15.0 Å². The van der Waals surface area contributed by atoms with E-state index < -0.39 is 0 Å². The molecule has 1 atom stereocenters. The van der Waals surface area contributed by atoms with Gasteiger partial charge in [0.1, 0.15) is 11.6 Å². The molecule has 28 heavy (non-hydrogen) atoms. The first kappa shape index (κ1) is 18.7. The molecule has 2 aromatic heterocycles. The maximum absolute atomic E-state index is 5.00. The van der Waals surface area contributed by atoms with Crippen LogP contribution in [0.3, 0.4) is 0 Å². The monoisotopic (exact) mass is 379 g/mol. The summed E-state index contributed by atoms with van der Waals surface area (Å²) in [5.74, 6) is 3.67. The summed E-state index contributed by atoms with van der Waals surface area (Å²) in [4.78, 5) is 23.5. The summed E-state index contributed by atoms with van der Waals surface area (Å²) in [6.07, 6.45) is 2.17. The van der Waals surface area contributed by atoms with E-state index in [9.17, 15) is 0 Å². The lowest BCUT2D eigenvalue weighted by molar-refractivity contribution is 0.598. The summed E-state index contributed by atoms with van der Waals surface area (Å²) in [6, 6.07) is 8.56. The average Bonchev–Trinajstić information content (AvgIpc) is 3.31. The van der Waals surface area contributed by atoms with Gasteiger partial charge in [-0.05, 0) is 31.9 Å². The molecule has 0 amide bonds. The van der Waals surface area contributed by atoms with Crippen LogP contribution in [0.2, 0.25) is 0 Å². The molecule has 3 heterocycles. The van der Waals surface area contributed by atoms with Gasteiger partial charge in [-0.25, -0.2) is 4.98 Å². The second-order valence-electron chi connectivity index (χ2n) is 7.90. The molecule has 1 aliphatic heterocycles. The number of hydrogen-bond acceptors (Lipinski definition) is 6. The standard InChI is InChI=1S/C21H29N7/c1-6-27-16-11-8-7-10-15(16)22-19(27)17-12-9-13-28(17)21-24-18(14(2)3)23-20(25-21)26(4)5/h7-8,10-11,14,17H,6,9,12-13H2,1-5H3. The number of aryl methyl sites for hydroxylation is 1. The number of fused-ring (bicyclic) bond motifs is 1. The van der Waals surface area contributed by atoms with Crippen molar-refractivity contribution in [3.8, 4) is 0 Å². The number of para-hydroxylation sites is 2. The Bertz CT molecular complexity index is 950. The molecule has 0 spiro atoms. The zero-order valence-corrected chi connectivity index (χ0v) is 17.4. The van der Waals surface area contributed by atoms with E-state index in [-0.39, 0.29) is 12.0 Å². The molecule has 0 saturated carbocycles. The zero-order chi connectivity index (χ0) is 19.8. The second-order valence-corrected chi connectivity index (χ2v) is 7.90. The minimum atomic E-state index is 0.185. The van der Waals surface area contributed by atoms with Crippen molar-refractivity contribution in [3.05, 3.63) is 35.9 Å². The Hall–Kier alpha value is -2.70. The van der Waals surface area contributed by atoms with Gasteiger partial charge in [0.2, 0.25) is 11.9 Å². The van der Waals surface area contributed by atoms with Crippen molar-refractivity contribution in [1.29, 1.82) is 0 Å². The molecule has 1 saturated heterocycles. The summed E-state index contributed by atoms with van der Waals surface area (Å²) in [5, 5.41) is 0. The molecule has 0 aliphatic carbocycles. The lowest BCUT2D eigenvalue weighted by atomic mass is 10.2. The lowest BCUT2D eigenvalue weighted by Crippen LogP contribution is -2.28. The van der Waals surface area contributed by atoms with E-state index in [1.165, 1.54) is 5.52 Å². The highest BCUT2D eigenvalue weighted by Gasteiger charge is 2.33. The van der Waals surface area contributed by atoms with Gasteiger partial charge >= 0.3 is 0 Å². The van der Waals surface area contributed by atoms with Gasteiger partial charge in [0.05, 0.1) is 17.1 Å². The predicted molar refractivity (Wildman–Crippen MR) is 113 cm³/mol. The van der Waals surface area contributed by atoms with Crippen LogP contribution in [-0.2, 0) is 6.54 Å². The first-order valence-corrected chi connectivity index (χ1v) is 10.1. The summed E-state index contributed by atoms with van der Waals surface area (Å²) in [6.45, 7) is 8.26. The fraction of sp³-hybridized carbons (Fsp3) is 0.524. The number of imidazole rings is 1. The molecule has 1 aliphatic rings. The Morgan fingerprint density at radius 3 is 2.61 bits per heavy atom. The topological polar surface area (TPSA) is 63.0 Å². The molecule has 0 radical (unpaired) electrons. The third kappa shape index (κ3) is 3.19. The molecule has 1 unspecified atom stereocenters. The van der Waals surface area contributed by atoms with Gasteiger partial charge in [0.15, 0.2) is 0 Å². The largest absolute Gasteiger partial charge is 0.347 e. The van der Waals surface area contributed by atoms with Crippen molar-refractivity contribution < 1.29 is 0 Å². The van der Waals surface area contributed by atoms with Gasteiger partial charge in [-0.1, -0.05) is 26.0 Å². The van der Waals surface area contributed by atoms with Crippen LogP contribution in [0.5, 0.6) is 0 Å². The quantitative estimate of drug-likeness (QED) is 0.672. The fourth-order valence-electron chi connectivity index (χ4n) is 3.91. The average molecular weight is 380 g/mol. The first-order valence-electron chi connectivity index (χ1n) is 10.1. The maximum atomic E-state index is 5.00. The highest BCUT2D eigenvalue weighted by Crippen LogP contribution is 2.36. The van der Waals surface area contributed by atoms with Crippen molar-refractivity contribution in [2.45, 2.75) is 52.1 Å². The van der Waals surface area contributed by atoms with Crippen molar-refractivity contribution >= 4 is 22.9 Å². The van der Waals surface area contributed by atoms with Gasteiger partial charge in [0, 0.05) is 33.1 Å². The van der Waals surface area contributed by atoms with Crippen LogP contribution in [0.15, 0.2) is 24.3 Å². The molecule has 0 bridgehead atoms. The number of aromatic nitrogens is 5. The minimum absolute atomic E-state index is 0.185. The SMILES string of the molecule is CCn1c(C2CCCN2c2nc(C(C)C)nc(N(C)C)n2)nc2ccccc21. The molecule has 1 aromatic carbocycles. The molecule has 1 fully saturated rings. The van der Waals surface area contributed by atoms with E-state index in [1.807, 2.05) is 19.0 Å². The summed E-state index contributed by atoms with van der Waals surface area (Å²) < 4.78 is 2.33. The fourth-order valence-corrected chi connectivity index (χ4v) is 3.91. The van der Waals surface area contributed by atoms with Crippen LogP contribution in [0, 0.1) is 0 Å². The van der Waals surface area contributed by atoms with E-state index in [2.05, 4.69) is 59.5 Å². The number of benzene rings is 1. The zero-order valence-electron chi connectivity index (χ0n) is 17.4. The van der Waals surface area contributed by atoms with Gasteiger partial charge in [-0.15, -0.1) is 0 Å². The number of rotatable bonds is 5. The Labute approximate surface area is 166 Å². The van der Waals surface area contributed by atoms with Crippen LogP contribution < -0.4 is 9.80 Å². The lowest BCUT2D eigenvalue weighted by Gasteiger charge is -2.26. The molecular formula is C21H29N7. The molecule has 7 nitrogen and oxygen atoms in total. The number of anilines is 2.